The molecule has 1 aromatic rings. The fourth-order valence-electron chi connectivity index (χ4n) is 2.53. The Morgan fingerprint density at radius 1 is 1.25 bits per heavy atom. The third-order valence-electron chi connectivity index (χ3n) is 3.54. The van der Waals surface area contributed by atoms with Gasteiger partial charge in [0, 0.05) is 50.2 Å². The molecule has 4 heteroatoms. The molecule has 3 heterocycles. The van der Waals surface area contributed by atoms with Gasteiger partial charge in [0.05, 0.1) is 0 Å². The molecule has 1 aromatic heterocycles. The molecule has 0 aliphatic carbocycles. The van der Waals surface area contributed by atoms with E-state index in [0.717, 1.165) is 45.0 Å². The Morgan fingerprint density at radius 3 is 2.88 bits per heavy atom. The Morgan fingerprint density at radius 2 is 2.06 bits per heavy atom. The van der Waals surface area contributed by atoms with Gasteiger partial charge in [-0.25, -0.2) is 4.98 Å². The number of piperazine rings is 1. The Kier molecular flexibility index (Phi) is 2.44. The Balaban J connectivity index is 1.87. The van der Waals surface area contributed by atoms with Crippen molar-refractivity contribution in [3.05, 3.63) is 17.8 Å². The lowest BCUT2D eigenvalue weighted by atomic mass is 10.1. The third-order valence-corrected chi connectivity index (χ3v) is 3.54. The molecular weight excluding hydrogens is 200 g/mol. The highest BCUT2D eigenvalue weighted by Gasteiger charge is 2.21. The van der Waals surface area contributed by atoms with Crippen LogP contribution in [-0.2, 0) is 6.42 Å². The number of rotatable bonds is 1. The molecule has 16 heavy (non-hydrogen) atoms. The Hall–Kier alpha value is -1.29. The van der Waals surface area contributed by atoms with Crippen LogP contribution in [0, 0.1) is 0 Å². The van der Waals surface area contributed by atoms with Crippen molar-refractivity contribution in [3.63, 3.8) is 0 Å². The predicted octanol–water partition coefficient (Wildman–Crippen LogP) is 0.801. The van der Waals surface area contributed by atoms with Crippen molar-refractivity contribution in [1.29, 1.82) is 0 Å². The van der Waals surface area contributed by atoms with Gasteiger partial charge in [-0.05, 0) is 19.5 Å². The molecule has 1 fully saturated rings. The molecule has 86 valence electrons. The molecule has 0 radical (unpaired) electrons. The van der Waals surface area contributed by atoms with Crippen LogP contribution < -0.4 is 10.2 Å². The first-order valence-electron chi connectivity index (χ1n) is 6.00. The lowest BCUT2D eigenvalue weighted by Crippen LogP contribution is -2.44. The van der Waals surface area contributed by atoms with Crippen LogP contribution >= 0.6 is 0 Å². The maximum atomic E-state index is 4.38. The standard InChI is InChI=1S/C12H18N4/c1-15-6-8-16(9-7-15)11-3-5-14-12-10(11)2-4-13-12/h3,5H,2,4,6-9H2,1H3,(H,13,14). The smallest absolute Gasteiger partial charge is 0.131 e. The van der Waals surface area contributed by atoms with Gasteiger partial charge >= 0.3 is 0 Å². The van der Waals surface area contributed by atoms with Crippen LogP contribution in [0.3, 0.4) is 0 Å². The molecule has 0 bridgehead atoms. The number of anilines is 2. The third kappa shape index (κ3) is 1.63. The van der Waals surface area contributed by atoms with Gasteiger partial charge in [-0.2, -0.15) is 0 Å². The number of nitrogens with zero attached hydrogens (tertiary/aromatic N) is 3. The van der Waals surface area contributed by atoms with Crippen LogP contribution in [0.4, 0.5) is 11.5 Å². The maximum absolute atomic E-state index is 4.38. The van der Waals surface area contributed by atoms with Gasteiger partial charge in [-0.1, -0.05) is 0 Å². The minimum Gasteiger partial charge on any atom is -0.369 e. The summed E-state index contributed by atoms with van der Waals surface area (Å²) in [4.78, 5) is 9.26. The van der Waals surface area contributed by atoms with E-state index >= 15 is 0 Å². The van der Waals surface area contributed by atoms with Gasteiger partial charge in [0.1, 0.15) is 5.82 Å². The molecule has 0 saturated carbocycles. The first-order chi connectivity index (χ1) is 7.84. The zero-order valence-corrected chi connectivity index (χ0v) is 9.74. The second-order valence-electron chi connectivity index (χ2n) is 4.62. The number of aromatic nitrogens is 1. The minimum atomic E-state index is 1.03. The molecule has 3 rings (SSSR count). The molecule has 0 spiro atoms. The summed E-state index contributed by atoms with van der Waals surface area (Å²) in [6.45, 7) is 5.61. The average molecular weight is 218 g/mol. The summed E-state index contributed by atoms with van der Waals surface area (Å²) in [6.07, 6.45) is 3.04. The van der Waals surface area contributed by atoms with Gasteiger partial charge < -0.3 is 15.1 Å². The van der Waals surface area contributed by atoms with Gasteiger partial charge in [0.2, 0.25) is 0 Å². The second-order valence-corrected chi connectivity index (χ2v) is 4.62. The maximum Gasteiger partial charge on any atom is 0.131 e. The molecule has 0 unspecified atom stereocenters. The van der Waals surface area contributed by atoms with Crippen LogP contribution in [0.2, 0.25) is 0 Å². The quantitative estimate of drug-likeness (QED) is 0.755. The average Bonchev–Trinajstić information content (AvgIpc) is 2.78. The van der Waals surface area contributed by atoms with Gasteiger partial charge in [0.25, 0.3) is 0 Å². The fraction of sp³-hybridized carbons (Fsp3) is 0.583. The molecule has 0 atom stereocenters. The van der Waals surface area contributed by atoms with E-state index in [1.165, 1.54) is 11.3 Å². The summed E-state index contributed by atoms with van der Waals surface area (Å²) >= 11 is 0. The highest BCUT2D eigenvalue weighted by Crippen LogP contribution is 2.30. The first kappa shape index (κ1) is 9.90. The lowest BCUT2D eigenvalue weighted by molar-refractivity contribution is 0.312. The van der Waals surface area contributed by atoms with Crippen LogP contribution in [-0.4, -0.2) is 49.7 Å². The van der Waals surface area contributed by atoms with Crippen molar-refractivity contribution in [2.45, 2.75) is 6.42 Å². The number of hydrogen-bond acceptors (Lipinski definition) is 4. The molecular formula is C12H18N4. The largest absolute Gasteiger partial charge is 0.369 e. The summed E-state index contributed by atoms with van der Waals surface area (Å²) in [7, 11) is 2.19. The van der Waals surface area contributed by atoms with Gasteiger partial charge in [-0.3, -0.25) is 0 Å². The van der Waals surface area contributed by atoms with E-state index in [4.69, 9.17) is 0 Å². The van der Waals surface area contributed by atoms with Crippen LogP contribution in [0.1, 0.15) is 5.56 Å². The van der Waals surface area contributed by atoms with E-state index < -0.39 is 0 Å². The zero-order valence-electron chi connectivity index (χ0n) is 9.74. The lowest BCUT2D eigenvalue weighted by Gasteiger charge is -2.34. The van der Waals surface area contributed by atoms with Crippen molar-refractivity contribution < 1.29 is 0 Å². The highest BCUT2D eigenvalue weighted by atomic mass is 15.3. The van der Waals surface area contributed by atoms with Crippen molar-refractivity contribution >= 4 is 11.5 Å². The van der Waals surface area contributed by atoms with Crippen molar-refractivity contribution in [3.8, 4) is 0 Å². The van der Waals surface area contributed by atoms with Gasteiger partial charge in [-0.15, -0.1) is 0 Å². The molecule has 1 saturated heterocycles. The zero-order chi connectivity index (χ0) is 11.0. The SMILES string of the molecule is CN1CCN(c2ccnc3c2CCN3)CC1. The fourth-order valence-corrected chi connectivity index (χ4v) is 2.53. The molecule has 2 aliphatic rings. The van der Waals surface area contributed by atoms with Crippen LogP contribution in [0.15, 0.2) is 12.3 Å². The van der Waals surface area contributed by atoms with Crippen LogP contribution in [0.25, 0.3) is 0 Å². The number of hydrogen-bond donors (Lipinski definition) is 1. The summed E-state index contributed by atoms with van der Waals surface area (Å²) in [5.74, 6) is 1.09. The monoisotopic (exact) mass is 218 g/mol. The minimum absolute atomic E-state index is 1.03. The van der Waals surface area contributed by atoms with E-state index in [1.54, 1.807) is 0 Å². The number of pyridine rings is 1. The van der Waals surface area contributed by atoms with E-state index in [-0.39, 0.29) is 0 Å². The summed E-state index contributed by atoms with van der Waals surface area (Å²) in [5, 5.41) is 3.34. The molecule has 1 N–H and O–H groups in total. The normalized spacial score (nSPS) is 20.7. The van der Waals surface area contributed by atoms with E-state index in [2.05, 4.69) is 33.2 Å². The molecule has 4 nitrogen and oxygen atoms in total. The Bertz CT molecular complexity index is 383. The number of likely N-dealkylation sites (N-methyl/N-ethyl adjacent to an activating group) is 1. The molecule has 2 aliphatic heterocycles. The van der Waals surface area contributed by atoms with Crippen LogP contribution in [0.5, 0.6) is 0 Å². The van der Waals surface area contributed by atoms with E-state index in [9.17, 15) is 0 Å². The first-order valence-corrected chi connectivity index (χ1v) is 6.00. The van der Waals surface area contributed by atoms with Crippen molar-refractivity contribution in [2.24, 2.45) is 0 Å². The molecule has 0 aromatic carbocycles. The topological polar surface area (TPSA) is 31.4 Å². The molecule has 0 amide bonds. The van der Waals surface area contributed by atoms with Crippen molar-refractivity contribution in [2.75, 3.05) is 50.0 Å². The summed E-state index contributed by atoms with van der Waals surface area (Å²) < 4.78 is 0. The highest BCUT2D eigenvalue weighted by molar-refractivity contribution is 5.65. The van der Waals surface area contributed by atoms with Crippen molar-refractivity contribution in [1.82, 2.24) is 9.88 Å². The summed E-state index contributed by atoms with van der Waals surface area (Å²) in [6, 6.07) is 2.16. The number of fused-ring (bicyclic) bond motifs is 1. The van der Waals surface area contributed by atoms with E-state index in [1.807, 2.05) is 6.20 Å². The van der Waals surface area contributed by atoms with Gasteiger partial charge in [0.15, 0.2) is 0 Å². The second kappa shape index (κ2) is 3.94. The predicted molar refractivity (Wildman–Crippen MR) is 66.1 cm³/mol. The van der Waals surface area contributed by atoms with E-state index in [0.29, 0.717) is 0 Å². The summed E-state index contributed by atoms with van der Waals surface area (Å²) in [5.41, 5.74) is 2.80. The Labute approximate surface area is 96.3 Å². The number of nitrogens with one attached hydrogen (secondary N) is 1.